The summed E-state index contributed by atoms with van der Waals surface area (Å²) in [5.74, 6) is 0.174. The summed E-state index contributed by atoms with van der Waals surface area (Å²) in [7, 11) is 1.50. The molecule has 1 amide bonds. The van der Waals surface area contributed by atoms with E-state index in [2.05, 4.69) is 10.4 Å². The van der Waals surface area contributed by atoms with Gasteiger partial charge < -0.3 is 10.1 Å². The average Bonchev–Trinajstić information content (AvgIpc) is 2.87. The third-order valence-electron chi connectivity index (χ3n) is 2.80. The molecule has 0 atom stereocenters. The minimum atomic E-state index is -0.262. The molecule has 6 heteroatoms. The Hall–Kier alpha value is -2.01. The fourth-order valence-electron chi connectivity index (χ4n) is 1.74. The van der Waals surface area contributed by atoms with Gasteiger partial charge in [0, 0.05) is 17.3 Å². The Morgan fingerprint density at radius 1 is 1.45 bits per heavy atom. The van der Waals surface area contributed by atoms with Gasteiger partial charge in [0.05, 0.1) is 24.6 Å². The van der Waals surface area contributed by atoms with Crippen LogP contribution >= 0.6 is 11.6 Å². The summed E-state index contributed by atoms with van der Waals surface area (Å²) in [6.45, 7) is 4.03. The lowest BCUT2D eigenvalue weighted by atomic mass is 10.2. The van der Waals surface area contributed by atoms with Crippen molar-refractivity contribution in [2.24, 2.45) is 0 Å². The summed E-state index contributed by atoms with van der Waals surface area (Å²) in [4.78, 5) is 12.2. The second-order valence-corrected chi connectivity index (χ2v) is 5.04. The van der Waals surface area contributed by atoms with Crippen LogP contribution in [0.2, 0.25) is 5.02 Å². The number of aromatic nitrogens is 2. The smallest absolute Gasteiger partial charge is 0.259 e. The first kappa shape index (κ1) is 14.4. The fraction of sp³-hybridized carbons (Fsp3) is 0.286. The molecule has 2 rings (SSSR count). The highest BCUT2D eigenvalue weighted by Crippen LogP contribution is 2.24. The maximum Gasteiger partial charge on any atom is 0.259 e. The highest BCUT2D eigenvalue weighted by molar-refractivity contribution is 6.31. The second kappa shape index (κ2) is 5.96. The first-order valence-electron chi connectivity index (χ1n) is 6.20. The van der Waals surface area contributed by atoms with Gasteiger partial charge in [0.1, 0.15) is 5.75 Å². The van der Waals surface area contributed by atoms with Gasteiger partial charge in [-0.15, -0.1) is 0 Å². The first-order chi connectivity index (χ1) is 9.51. The molecular weight excluding hydrogens is 278 g/mol. The lowest BCUT2D eigenvalue weighted by Gasteiger charge is -2.08. The SMILES string of the molecule is COc1cc(Cl)ccc1C(=O)Nc1cnn(C(C)C)c1. The zero-order valence-corrected chi connectivity index (χ0v) is 12.3. The molecule has 1 aromatic carbocycles. The zero-order valence-electron chi connectivity index (χ0n) is 11.6. The van der Waals surface area contributed by atoms with Crippen LogP contribution in [0.25, 0.3) is 0 Å². The molecule has 2 aromatic rings. The van der Waals surface area contributed by atoms with Crippen LogP contribution in [0.15, 0.2) is 30.6 Å². The molecule has 1 heterocycles. The third-order valence-corrected chi connectivity index (χ3v) is 3.03. The lowest BCUT2D eigenvalue weighted by molar-refractivity contribution is 0.102. The van der Waals surface area contributed by atoms with Crippen LogP contribution in [0.3, 0.4) is 0 Å². The average molecular weight is 294 g/mol. The molecule has 1 aromatic heterocycles. The van der Waals surface area contributed by atoms with E-state index in [1.165, 1.54) is 7.11 Å². The van der Waals surface area contributed by atoms with Crippen LogP contribution in [0.5, 0.6) is 5.75 Å². The first-order valence-corrected chi connectivity index (χ1v) is 6.58. The molecule has 0 bridgehead atoms. The Labute approximate surface area is 122 Å². The number of halogens is 1. The Kier molecular flexibility index (Phi) is 4.29. The minimum absolute atomic E-state index is 0.241. The van der Waals surface area contributed by atoms with Crippen molar-refractivity contribution in [2.75, 3.05) is 12.4 Å². The quantitative estimate of drug-likeness (QED) is 0.940. The van der Waals surface area contributed by atoms with Gasteiger partial charge in [-0.1, -0.05) is 11.6 Å². The van der Waals surface area contributed by atoms with Crippen molar-refractivity contribution in [1.29, 1.82) is 0 Å². The third kappa shape index (κ3) is 3.11. The van der Waals surface area contributed by atoms with Crippen molar-refractivity contribution in [3.05, 3.63) is 41.2 Å². The number of benzene rings is 1. The van der Waals surface area contributed by atoms with Gasteiger partial charge >= 0.3 is 0 Å². The van der Waals surface area contributed by atoms with E-state index in [1.807, 2.05) is 13.8 Å². The molecule has 1 N–H and O–H groups in total. The van der Waals surface area contributed by atoms with Crippen LogP contribution in [0, 0.1) is 0 Å². The maximum absolute atomic E-state index is 12.2. The van der Waals surface area contributed by atoms with E-state index in [1.54, 1.807) is 35.3 Å². The van der Waals surface area contributed by atoms with Crippen molar-refractivity contribution in [1.82, 2.24) is 9.78 Å². The molecule has 0 aliphatic carbocycles. The Morgan fingerprint density at radius 3 is 2.80 bits per heavy atom. The van der Waals surface area contributed by atoms with E-state index in [-0.39, 0.29) is 11.9 Å². The topological polar surface area (TPSA) is 56.1 Å². The predicted octanol–water partition coefficient (Wildman–Crippen LogP) is 3.38. The molecule has 5 nitrogen and oxygen atoms in total. The molecule has 0 radical (unpaired) electrons. The molecule has 106 valence electrons. The van der Waals surface area contributed by atoms with Gasteiger partial charge in [0.2, 0.25) is 0 Å². The molecule has 0 fully saturated rings. The van der Waals surface area contributed by atoms with Crippen LogP contribution in [0.1, 0.15) is 30.2 Å². The number of ether oxygens (including phenoxy) is 1. The molecule has 0 aliphatic heterocycles. The molecule has 0 unspecified atom stereocenters. The Bertz CT molecular complexity index is 623. The van der Waals surface area contributed by atoms with Crippen LogP contribution in [-0.4, -0.2) is 22.8 Å². The summed E-state index contributed by atoms with van der Waals surface area (Å²) in [6.07, 6.45) is 3.39. The largest absolute Gasteiger partial charge is 0.496 e. The van der Waals surface area contributed by atoms with Crippen LogP contribution < -0.4 is 10.1 Å². The van der Waals surface area contributed by atoms with Crippen LogP contribution in [-0.2, 0) is 0 Å². The van der Waals surface area contributed by atoms with Gasteiger partial charge in [-0.3, -0.25) is 9.48 Å². The number of nitrogens with zero attached hydrogens (tertiary/aromatic N) is 2. The lowest BCUT2D eigenvalue weighted by Crippen LogP contribution is -2.12. The number of amides is 1. The molecule has 0 spiro atoms. The number of rotatable bonds is 4. The van der Waals surface area contributed by atoms with Crippen molar-refractivity contribution < 1.29 is 9.53 Å². The highest BCUT2D eigenvalue weighted by Gasteiger charge is 2.14. The summed E-state index contributed by atoms with van der Waals surface area (Å²) in [5.41, 5.74) is 1.06. The number of carbonyl (C=O) groups is 1. The van der Waals surface area contributed by atoms with E-state index in [0.717, 1.165) is 0 Å². The second-order valence-electron chi connectivity index (χ2n) is 4.60. The Morgan fingerprint density at radius 2 is 2.20 bits per heavy atom. The van der Waals surface area contributed by atoms with Crippen molar-refractivity contribution in [3.8, 4) is 5.75 Å². The van der Waals surface area contributed by atoms with E-state index in [4.69, 9.17) is 16.3 Å². The van der Waals surface area contributed by atoms with E-state index >= 15 is 0 Å². The summed E-state index contributed by atoms with van der Waals surface area (Å²) < 4.78 is 6.93. The number of anilines is 1. The molecular formula is C14H16ClN3O2. The monoisotopic (exact) mass is 293 g/mol. The predicted molar refractivity (Wildman–Crippen MR) is 78.6 cm³/mol. The zero-order chi connectivity index (χ0) is 14.7. The number of hydrogen-bond acceptors (Lipinski definition) is 3. The molecule has 20 heavy (non-hydrogen) atoms. The normalized spacial score (nSPS) is 10.7. The number of nitrogens with one attached hydrogen (secondary N) is 1. The van der Waals surface area contributed by atoms with Gasteiger partial charge in [-0.05, 0) is 32.0 Å². The van der Waals surface area contributed by atoms with Crippen molar-refractivity contribution in [3.63, 3.8) is 0 Å². The fourth-order valence-corrected chi connectivity index (χ4v) is 1.90. The van der Waals surface area contributed by atoms with E-state index in [9.17, 15) is 4.79 Å². The number of methoxy groups -OCH3 is 1. The van der Waals surface area contributed by atoms with Gasteiger partial charge in [0.25, 0.3) is 5.91 Å². The molecule has 0 saturated heterocycles. The van der Waals surface area contributed by atoms with Gasteiger partial charge in [-0.2, -0.15) is 5.10 Å². The highest BCUT2D eigenvalue weighted by atomic mass is 35.5. The number of hydrogen-bond donors (Lipinski definition) is 1. The molecule has 0 saturated carbocycles. The number of carbonyl (C=O) groups excluding carboxylic acids is 1. The standard InChI is InChI=1S/C14H16ClN3O2/c1-9(2)18-8-11(7-16-18)17-14(19)12-5-4-10(15)6-13(12)20-3/h4-9H,1-3H3,(H,17,19). The Balaban J connectivity index is 2.19. The summed E-state index contributed by atoms with van der Waals surface area (Å²) in [6, 6.07) is 5.12. The van der Waals surface area contributed by atoms with E-state index in [0.29, 0.717) is 22.0 Å². The molecule has 0 aliphatic rings. The van der Waals surface area contributed by atoms with Gasteiger partial charge in [-0.25, -0.2) is 0 Å². The summed E-state index contributed by atoms with van der Waals surface area (Å²) >= 11 is 5.87. The minimum Gasteiger partial charge on any atom is -0.496 e. The van der Waals surface area contributed by atoms with E-state index < -0.39 is 0 Å². The van der Waals surface area contributed by atoms with Crippen molar-refractivity contribution in [2.45, 2.75) is 19.9 Å². The van der Waals surface area contributed by atoms with Gasteiger partial charge in [0.15, 0.2) is 0 Å². The summed E-state index contributed by atoms with van der Waals surface area (Å²) in [5, 5.41) is 7.47. The van der Waals surface area contributed by atoms with Crippen molar-refractivity contribution >= 4 is 23.2 Å². The maximum atomic E-state index is 12.2. The van der Waals surface area contributed by atoms with Crippen LogP contribution in [0.4, 0.5) is 5.69 Å².